The Balaban J connectivity index is 1.76. The number of carbonyl (C=O) groups excluding carboxylic acids is 1. The van der Waals surface area contributed by atoms with E-state index in [-0.39, 0.29) is 23.4 Å². The highest BCUT2D eigenvalue weighted by Gasteiger charge is 2.27. The van der Waals surface area contributed by atoms with Crippen molar-refractivity contribution < 1.29 is 13.2 Å². The van der Waals surface area contributed by atoms with Crippen LogP contribution in [0.1, 0.15) is 18.1 Å². The van der Waals surface area contributed by atoms with Crippen molar-refractivity contribution in [3.63, 3.8) is 0 Å². The lowest BCUT2D eigenvalue weighted by Crippen LogP contribution is -2.37. The number of benzene rings is 2. The second-order valence-electron chi connectivity index (χ2n) is 6.38. The van der Waals surface area contributed by atoms with E-state index in [2.05, 4.69) is 23.2 Å². The summed E-state index contributed by atoms with van der Waals surface area (Å²) in [6.07, 6.45) is 0.906. The van der Waals surface area contributed by atoms with E-state index in [1.807, 2.05) is 18.2 Å². The Kier molecular flexibility index (Phi) is 4.53. The Labute approximate surface area is 147 Å². The number of fused-ring (bicyclic) bond motifs is 1. The number of nitrogens with two attached hydrogens (primary N) is 1. The lowest BCUT2D eigenvalue weighted by atomic mass is 10.1. The molecule has 3 rings (SSSR count). The smallest absolute Gasteiger partial charge is 0.243 e. The Hall–Kier alpha value is -2.38. The summed E-state index contributed by atoms with van der Waals surface area (Å²) < 4.78 is 23.2. The maximum Gasteiger partial charge on any atom is 0.243 e. The summed E-state index contributed by atoms with van der Waals surface area (Å²) in [5.74, 6) is -0.201. The number of hydrogen-bond acceptors (Lipinski definition) is 4. The van der Waals surface area contributed by atoms with Crippen molar-refractivity contribution >= 4 is 27.3 Å². The van der Waals surface area contributed by atoms with Crippen molar-refractivity contribution in [2.75, 3.05) is 16.8 Å². The minimum absolute atomic E-state index is 0.0187. The molecule has 0 saturated heterocycles. The number of anilines is 2. The average Bonchev–Trinajstić information content (AvgIpc) is 2.84. The third-order valence-corrected chi connectivity index (χ3v) is 5.49. The molecule has 3 N–H and O–H groups in total. The standard InChI is InChI=1S/C18H21N3O3S/c1-12-7-8-15(10-17(12)25(19,23)24)20-18(22)11-21-13(2)9-14-5-3-4-6-16(14)21/h3-8,10,13H,9,11H2,1-2H3,(H,20,22)(H2,19,23,24)/t13-/m0/s1. The first-order valence-corrected chi connectivity index (χ1v) is 9.58. The van der Waals surface area contributed by atoms with Gasteiger partial charge in [0.25, 0.3) is 0 Å². The van der Waals surface area contributed by atoms with Gasteiger partial charge in [0.15, 0.2) is 0 Å². The number of para-hydroxylation sites is 1. The molecule has 2 aromatic rings. The van der Waals surface area contributed by atoms with Crippen LogP contribution in [0.5, 0.6) is 0 Å². The second-order valence-corrected chi connectivity index (χ2v) is 7.91. The molecule has 0 bridgehead atoms. The van der Waals surface area contributed by atoms with Gasteiger partial charge in [-0.05, 0) is 49.6 Å². The quantitative estimate of drug-likeness (QED) is 0.874. The number of amides is 1. The van der Waals surface area contributed by atoms with Crippen LogP contribution < -0.4 is 15.4 Å². The number of carbonyl (C=O) groups is 1. The number of hydrogen-bond donors (Lipinski definition) is 2. The lowest BCUT2D eigenvalue weighted by molar-refractivity contribution is -0.115. The fraction of sp³-hybridized carbons (Fsp3) is 0.278. The number of nitrogens with zero attached hydrogens (tertiary/aromatic N) is 1. The van der Waals surface area contributed by atoms with Gasteiger partial charge >= 0.3 is 0 Å². The molecule has 132 valence electrons. The first-order chi connectivity index (χ1) is 11.8. The van der Waals surface area contributed by atoms with E-state index in [1.165, 1.54) is 11.6 Å². The summed E-state index contributed by atoms with van der Waals surface area (Å²) in [6.45, 7) is 3.95. The zero-order valence-corrected chi connectivity index (χ0v) is 15.0. The van der Waals surface area contributed by atoms with Crippen LogP contribution in [0, 0.1) is 6.92 Å². The minimum Gasteiger partial charge on any atom is -0.359 e. The highest BCUT2D eigenvalue weighted by Crippen LogP contribution is 2.31. The van der Waals surface area contributed by atoms with Crippen molar-refractivity contribution in [2.45, 2.75) is 31.2 Å². The van der Waals surface area contributed by atoms with E-state index in [1.54, 1.807) is 19.1 Å². The lowest BCUT2D eigenvalue weighted by Gasteiger charge is -2.24. The van der Waals surface area contributed by atoms with Gasteiger partial charge < -0.3 is 10.2 Å². The molecule has 7 heteroatoms. The fourth-order valence-electron chi connectivity index (χ4n) is 3.21. The summed E-state index contributed by atoms with van der Waals surface area (Å²) in [5.41, 5.74) is 3.26. The van der Waals surface area contributed by atoms with E-state index in [4.69, 9.17) is 5.14 Å². The molecule has 6 nitrogen and oxygen atoms in total. The average molecular weight is 359 g/mol. The van der Waals surface area contributed by atoms with E-state index >= 15 is 0 Å². The van der Waals surface area contributed by atoms with Gasteiger partial charge in [0.2, 0.25) is 15.9 Å². The molecule has 0 fully saturated rings. The van der Waals surface area contributed by atoms with Gasteiger partial charge in [-0.25, -0.2) is 13.6 Å². The van der Waals surface area contributed by atoms with Crippen LogP contribution in [0.2, 0.25) is 0 Å². The molecule has 0 radical (unpaired) electrons. The van der Waals surface area contributed by atoms with Gasteiger partial charge in [0.1, 0.15) is 0 Å². The molecule has 0 aliphatic carbocycles. The Bertz CT molecular complexity index is 925. The predicted octanol–water partition coefficient (Wildman–Crippen LogP) is 2.03. The molecule has 25 heavy (non-hydrogen) atoms. The molecule has 1 aliphatic heterocycles. The highest BCUT2D eigenvalue weighted by atomic mass is 32.2. The first-order valence-electron chi connectivity index (χ1n) is 8.03. The summed E-state index contributed by atoms with van der Waals surface area (Å²) >= 11 is 0. The zero-order valence-electron chi connectivity index (χ0n) is 14.2. The molecule has 2 aromatic carbocycles. The molecule has 0 unspecified atom stereocenters. The van der Waals surface area contributed by atoms with Crippen LogP contribution in [0.25, 0.3) is 0 Å². The van der Waals surface area contributed by atoms with Gasteiger partial charge in [-0.3, -0.25) is 4.79 Å². The van der Waals surface area contributed by atoms with Crippen molar-refractivity contribution in [3.8, 4) is 0 Å². The van der Waals surface area contributed by atoms with Crippen molar-refractivity contribution in [1.29, 1.82) is 0 Å². The number of aryl methyl sites for hydroxylation is 1. The second kappa shape index (κ2) is 6.50. The fourth-order valence-corrected chi connectivity index (χ4v) is 4.02. The molecule has 1 heterocycles. The predicted molar refractivity (Wildman–Crippen MR) is 98.1 cm³/mol. The minimum atomic E-state index is -3.82. The van der Waals surface area contributed by atoms with E-state index in [9.17, 15) is 13.2 Å². The van der Waals surface area contributed by atoms with Gasteiger partial charge in [0, 0.05) is 17.4 Å². The molecule has 1 aliphatic rings. The maximum atomic E-state index is 12.4. The molecular formula is C18H21N3O3S. The van der Waals surface area contributed by atoms with Crippen LogP contribution in [0.3, 0.4) is 0 Å². The van der Waals surface area contributed by atoms with E-state index in [0.717, 1.165) is 12.1 Å². The zero-order chi connectivity index (χ0) is 18.2. The third-order valence-electron chi connectivity index (χ3n) is 4.44. The topological polar surface area (TPSA) is 92.5 Å². The Morgan fingerprint density at radius 2 is 2.00 bits per heavy atom. The number of sulfonamides is 1. The van der Waals surface area contributed by atoms with Gasteiger partial charge in [0.05, 0.1) is 11.4 Å². The van der Waals surface area contributed by atoms with E-state index in [0.29, 0.717) is 11.3 Å². The summed E-state index contributed by atoms with van der Waals surface area (Å²) in [6, 6.07) is 13.0. The van der Waals surface area contributed by atoms with Crippen LogP contribution >= 0.6 is 0 Å². The summed E-state index contributed by atoms with van der Waals surface area (Å²) in [7, 11) is -3.82. The monoisotopic (exact) mass is 359 g/mol. The Morgan fingerprint density at radius 1 is 1.28 bits per heavy atom. The van der Waals surface area contributed by atoms with Crippen molar-refractivity contribution in [1.82, 2.24) is 0 Å². The molecule has 0 spiro atoms. The highest BCUT2D eigenvalue weighted by molar-refractivity contribution is 7.89. The largest absolute Gasteiger partial charge is 0.359 e. The first kappa shape index (κ1) is 17.4. The van der Waals surface area contributed by atoms with Gasteiger partial charge in [-0.2, -0.15) is 0 Å². The molecular weight excluding hydrogens is 338 g/mol. The van der Waals surface area contributed by atoms with Crippen LogP contribution in [-0.2, 0) is 21.2 Å². The maximum absolute atomic E-state index is 12.4. The molecule has 1 atom stereocenters. The third kappa shape index (κ3) is 3.67. The summed E-state index contributed by atoms with van der Waals surface area (Å²) in [4.78, 5) is 14.5. The molecule has 0 saturated carbocycles. The van der Waals surface area contributed by atoms with Crippen LogP contribution in [-0.4, -0.2) is 26.9 Å². The van der Waals surface area contributed by atoms with Gasteiger partial charge in [-0.15, -0.1) is 0 Å². The molecule has 0 aromatic heterocycles. The molecule has 1 amide bonds. The number of nitrogens with one attached hydrogen (secondary N) is 1. The van der Waals surface area contributed by atoms with Gasteiger partial charge in [-0.1, -0.05) is 24.3 Å². The van der Waals surface area contributed by atoms with E-state index < -0.39 is 10.0 Å². The summed E-state index contributed by atoms with van der Waals surface area (Å²) in [5, 5.41) is 7.97. The Morgan fingerprint density at radius 3 is 2.72 bits per heavy atom. The van der Waals surface area contributed by atoms with Crippen molar-refractivity contribution in [3.05, 3.63) is 53.6 Å². The number of primary sulfonamides is 1. The van der Waals surface area contributed by atoms with Crippen molar-refractivity contribution in [2.24, 2.45) is 5.14 Å². The normalized spacial score (nSPS) is 16.6. The SMILES string of the molecule is Cc1ccc(NC(=O)CN2c3ccccc3C[C@@H]2C)cc1S(N)(=O)=O. The van der Waals surface area contributed by atoms with Crippen LogP contribution in [0.4, 0.5) is 11.4 Å². The number of rotatable bonds is 4. The van der Waals surface area contributed by atoms with Crippen LogP contribution in [0.15, 0.2) is 47.4 Å².